The van der Waals surface area contributed by atoms with Crippen LogP contribution in [0.15, 0.2) is 71.5 Å². The Balaban J connectivity index is 1.32. The average Bonchev–Trinajstić information content (AvgIpc) is 2.84. The summed E-state index contributed by atoms with van der Waals surface area (Å²) in [5.41, 5.74) is 1.47. The third-order valence-corrected chi connectivity index (χ3v) is 5.74. The first-order valence-electron chi connectivity index (χ1n) is 10.7. The van der Waals surface area contributed by atoms with E-state index in [1.807, 2.05) is 42.5 Å². The monoisotopic (exact) mass is 465 g/mol. The number of piperazine rings is 1. The summed E-state index contributed by atoms with van der Waals surface area (Å²) in [6.45, 7) is 2.76. The molecule has 3 aromatic rings. The van der Waals surface area contributed by atoms with Crippen LogP contribution in [0, 0.1) is 0 Å². The average molecular weight is 466 g/mol. The Labute approximate surface area is 196 Å². The highest BCUT2D eigenvalue weighted by molar-refractivity contribution is 6.30. The van der Waals surface area contributed by atoms with Gasteiger partial charge in [0.1, 0.15) is 5.69 Å². The Morgan fingerprint density at radius 2 is 1.61 bits per heavy atom. The number of aromatic nitrogens is 2. The number of nitrogens with one attached hydrogen (secondary N) is 1. The zero-order chi connectivity index (χ0) is 23.2. The van der Waals surface area contributed by atoms with Crippen LogP contribution in [0.2, 0.25) is 5.02 Å². The SMILES string of the molecule is O=C(Nc1ccccc1)c1ccc(=O)n(CCC(=O)N2CCN(c3ccc(Cl)cc3)CC2)n1. The van der Waals surface area contributed by atoms with E-state index in [4.69, 9.17) is 11.6 Å². The molecule has 0 radical (unpaired) electrons. The van der Waals surface area contributed by atoms with E-state index in [0.717, 1.165) is 18.8 Å². The van der Waals surface area contributed by atoms with Gasteiger partial charge >= 0.3 is 0 Å². The molecule has 0 unspecified atom stereocenters. The van der Waals surface area contributed by atoms with E-state index in [0.29, 0.717) is 23.8 Å². The molecule has 1 fully saturated rings. The number of hydrogen-bond acceptors (Lipinski definition) is 5. The molecule has 1 aliphatic heterocycles. The van der Waals surface area contributed by atoms with Gasteiger partial charge in [0.15, 0.2) is 0 Å². The van der Waals surface area contributed by atoms with Crippen LogP contribution in [0.1, 0.15) is 16.9 Å². The summed E-state index contributed by atoms with van der Waals surface area (Å²) in [6, 6.07) is 19.3. The van der Waals surface area contributed by atoms with E-state index in [-0.39, 0.29) is 30.1 Å². The Morgan fingerprint density at radius 1 is 0.909 bits per heavy atom. The summed E-state index contributed by atoms with van der Waals surface area (Å²) in [6.07, 6.45) is 0.137. The summed E-state index contributed by atoms with van der Waals surface area (Å²) >= 11 is 5.95. The largest absolute Gasteiger partial charge is 0.368 e. The number of carbonyl (C=O) groups is 2. The molecule has 2 aromatic carbocycles. The van der Waals surface area contributed by atoms with Gasteiger partial charge in [-0.1, -0.05) is 29.8 Å². The van der Waals surface area contributed by atoms with Crippen molar-refractivity contribution >= 4 is 34.8 Å². The Kier molecular flexibility index (Phi) is 7.04. The molecule has 1 aromatic heterocycles. The zero-order valence-electron chi connectivity index (χ0n) is 18.0. The van der Waals surface area contributed by atoms with E-state index < -0.39 is 5.91 Å². The minimum Gasteiger partial charge on any atom is -0.368 e. The third-order valence-electron chi connectivity index (χ3n) is 5.49. The molecule has 9 heteroatoms. The van der Waals surface area contributed by atoms with Crippen LogP contribution in [-0.2, 0) is 11.3 Å². The van der Waals surface area contributed by atoms with Gasteiger partial charge in [0.2, 0.25) is 5.91 Å². The van der Waals surface area contributed by atoms with Gasteiger partial charge in [-0.25, -0.2) is 4.68 Å². The summed E-state index contributed by atoms with van der Waals surface area (Å²) < 4.78 is 1.17. The minimum atomic E-state index is -0.417. The molecule has 33 heavy (non-hydrogen) atoms. The number of amides is 2. The first-order chi connectivity index (χ1) is 16.0. The normalized spacial score (nSPS) is 13.6. The lowest BCUT2D eigenvalue weighted by molar-refractivity contribution is -0.131. The van der Waals surface area contributed by atoms with Gasteiger partial charge < -0.3 is 15.1 Å². The number of nitrogens with zero attached hydrogens (tertiary/aromatic N) is 4. The van der Waals surface area contributed by atoms with Gasteiger partial charge in [-0.2, -0.15) is 5.10 Å². The van der Waals surface area contributed by atoms with Crippen LogP contribution >= 0.6 is 11.6 Å². The fourth-order valence-electron chi connectivity index (χ4n) is 3.67. The van der Waals surface area contributed by atoms with Gasteiger partial charge in [0.25, 0.3) is 11.5 Å². The van der Waals surface area contributed by atoms with Crippen LogP contribution in [0.25, 0.3) is 0 Å². The van der Waals surface area contributed by atoms with Crippen molar-refractivity contribution in [2.24, 2.45) is 0 Å². The lowest BCUT2D eigenvalue weighted by atomic mass is 10.2. The summed E-state index contributed by atoms with van der Waals surface area (Å²) in [7, 11) is 0. The van der Waals surface area contributed by atoms with Crippen molar-refractivity contribution < 1.29 is 9.59 Å². The maximum absolute atomic E-state index is 12.7. The molecule has 0 spiro atoms. The highest BCUT2D eigenvalue weighted by Gasteiger charge is 2.21. The quantitative estimate of drug-likeness (QED) is 0.604. The maximum Gasteiger partial charge on any atom is 0.276 e. The fraction of sp³-hybridized carbons (Fsp3) is 0.250. The highest BCUT2D eigenvalue weighted by Crippen LogP contribution is 2.19. The van der Waals surface area contributed by atoms with Crippen LogP contribution in [0.3, 0.4) is 0 Å². The van der Waals surface area contributed by atoms with E-state index in [9.17, 15) is 14.4 Å². The number of para-hydroxylation sites is 1. The van der Waals surface area contributed by atoms with Gasteiger partial charge in [0.05, 0.1) is 6.54 Å². The zero-order valence-corrected chi connectivity index (χ0v) is 18.7. The molecule has 1 saturated heterocycles. The van der Waals surface area contributed by atoms with Gasteiger partial charge in [0, 0.05) is 55.1 Å². The number of hydrogen-bond donors (Lipinski definition) is 1. The Morgan fingerprint density at radius 3 is 2.30 bits per heavy atom. The molecule has 0 bridgehead atoms. The molecule has 1 N–H and O–H groups in total. The lowest BCUT2D eigenvalue weighted by Gasteiger charge is -2.36. The second-order valence-electron chi connectivity index (χ2n) is 7.69. The van der Waals surface area contributed by atoms with E-state index >= 15 is 0 Å². The molecule has 0 aliphatic carbocycles. The van der Waals surface area contributed by atoms with Crippen LogP contribution < -0.4 is 15.8 Å². The number of benzene rings is 2. The number of rotatable bonds is 6. The second kappa shape index (κ2) is 10.3. The maximum atomic E-state index is 12.7. The standard InChI is InChI=1S/C24H24ClN5O3/c25-18-6-8-20(9-7-18)28-14-16-29(17-15-28)22(31)12-13-30-23(32)11-10-21(27-30)24(33)26-19-4-2-1-3-5-19/h1-11H,12-17H2,(H,26,33). The van der Waals surface area contributed by atoms with Gasteiger partial charge in [-0.15, -0.1) is 0 Å². The van der Waals surface area contributed by atoms with Crippen molar-refractivity contribution in [1.82, 2.24) is 14.7 Å². The van der Waals surface area contributed by atoms with Crippen LogP contribution in [-0.4, -0.2) is 52.7 Å². The van der Waals surface area contributed by atoms with Crippen molar-refractivity contribution in [2.45, 2.75) is 13.0 Å². The van der Waals surface area contributed by atoms with Gasteiger partial charge in [-0.3, -0.25) is 14.4 Å². The summed E-state index contributed by atoms with van der Waals surface area (Å²) in [5, 5.41) is 7.58. The molecule has 1 aliphatic rings. The topological polar surface area (TPSA) is 87.5 Å². The van der Waals surface area contributed by atoms with E-state index in [2.05, 4.69) is 15.3 Å². The summed E-state index contributed by atoms with van der Waals surface area (Å²) in [5.74, 6) is -0.460. The van der Waals surface area contributed by atoms with Crippen molar-refractivity contribution in [3.8, 4) is 0 Å². The molecule has 170 valence electrons. The first-order valence-corrected chi connectivity index (χ1v) is 11.1. The van der Waals surface area contributed by atoms with E-state index in [1.165, 1.54) is 16.8 Å². The Bertz CT molecular complexity index is 1170. The molecule has 0 saturated carbocycles. The predicted molar refractivity (Wildman–Crippen MR) is 128 cm³/mol. The van der Waals surface area contributed by atoms with Crippen molar-refractivity contribution in [3.05, 3.63) is 87.8 Å². The molecular formula is C24H24ClN5O3. The number of aryl methyl sites for hydroxylation is 1. The van der Waals surface area contributed by atoms with Crippen molar-refractivity contribution in [3.63, 3.8) is 0 Å². The van der Waals surface area contributed by atoms with Gasteiger partial charge in [-0.05, 0) is 42.5 Å². The van der Waals surface area contributed by atoms with Crippen LogP contribution in [0.5, 0.6) is 0 Å². The second-order valence-corrected chi connectivity index (χ2v) is 8.13. The molecule has 8 nitrogen and oxygen atoms in total. The van der Waals surface area contributed by atoms with Crippen molar-refractivity contribution in [2.75, 3.05) is 36.4 Å². The summed E-state index contributed by atoms with van der Waals surface area (Å²) in [4.78, 5) is 41.3. The molecule has 0 atom stereocenters. The fourth-order valence-corrected chi connectivity index (χ4v) is 3.80. The molecule has 2 heterocycles. The smallest absolute Gasteiger partial charge is 0.276 e. The predicted octanol–water partition coefficient (Wildman–Crippen LogP) is 2.89. The number of halogens is 1. The molecular weight excluding hydrogens is 442 g/mol. The highest BCUT2D eigenvalue weighted by atomic mass is 35.5. The first kappa shape index (κ1) is 22.5. The minimum absolute atomic E-state index is 0.0430. The van der Waals surface area contributed by atoms with E-state index in [1.54, 1.807) is 17.0 Å². The third kappa shape index (κ3) is 5.78. The Hall–Kier alpha value is -3.65. The number of anilines is 2. The molecule has 2 amide bonds. The molecule has 4 rings (SSSR count). The van der Waals surface area contributed by atoms with Crippen LogP contribution in [0.4, 0.5) is 11.4 Å². The number of carbonyl (C=O) groups excluding carboxylic acids is 2. The lowest BCUT2D eigenvalue weighted by Crippen LogP contribution is -2.49. The van der Waals surface area contributed by atoms with Crippen molar-refractivity contribution in [1.29, 1.82) is 0 Å².